The molecule has 29 heavy (non-hydrogen) atoms. The maximum atomic E-state index is 12.7. The Hall–Kier alpha value is -2.27. The predicted molar refractivity (Wildman–Crippen MR) is 103 cm³/mol. The van der Waals surface area contributed by atoms with Gasteiger partial charge in [-0.3, -0.25) is 9.59 Å². The number of benzene rings is 1. The molecule has 7 nitrogen and oxygen atoms in total. The molecule has 158 valence electrons. The highest BCUT2D eigenvalue weighted by atomic mass is 35.5. The zero-order valence-corrected chi connectivity index (χ0v) is 16.8. The van der Waals surface area contributed by atoms with E-state index in [4.69, 9.17) is 11.6 Å². The first-order chi connectivity index (χ1) is 13.5. The minimum absolute atomic E-state index is 0.0686. The van der Waals surface area contributed by atoms with E-state index in [1.807, 2.05) is 13.8 Å². The minimum atomic E-state index is -5.34. The molecule has 2 amide bonds. The molecule has 1 heterocycles. The van der Waals surface area contributed by atoms with E-state index in [1.54, 1.807) is 6.07 Å². The van der Waals surface area contributed by atoms with Gasteiger partial charge in [-0.2, -0.15) is 18.2 Å². The first kappa shape index (κ1) is 23.0. The predicted octanol–water partition coefficient (Wildman–Crippen LogP) is 3.14. The Bertz CT molecular complexity index is 834. The van der Waals surface area contributed by atoms with E-state index < -0.39 is 35.3 Å². The van der Waals surface area contributed by atoms with Crippen LogP contribution in [-0.4, -0.2) is 46.5 Å². The minimum Gasteiger partial charge on any atom is -0.444 e. The molecule has 1 aromatic carbocycles. The first-order valence-corrected chi connectivity index (χ1v) is 9.67. The zero-order valence-electron chi connectivity index (χ0n) is 15.2. The molecular weight excluding hydrogens is 435 g/mol. The molecular formula is C17H17ClF3N3O4S. The van der Waals surface area contributed by atoms with Crippen LogP contribution >= 0.6 is 23.4 Å². The van der Waals surface area contributed by atoms with Crippen molar-refractivity contribution in [2.75, 3.05) is 5.32 Å². The van der Waals surface area contributed by atoms with Gasteiger partial charge in [-0.25, -0.2) is 4.79 Å². The number of halogens is 4. The van der Waals surface area contributed by atoms with Crippen LogP contribution in [0.5, 0.6) is 0 Å². The molecule has 2 rings (SSSR count). The van der Waals surface area contributed by atoms with Crippen molar-refractivity contribution in [1.29, 1.82) is 0 Å². The zero-order chi connectivity index (χ0) is 21.8. The van der Waals surface area contributed by atoms with Crippen molar-refractivity contribution in [2.45, 2.75) is 43.8 Å². The van der Waals surface area contributed by atoms with Crippen LogP contribution < -0.4 is 10.6 Å². The van der Waals surface area contributed by atoms with Crippen molar-refractivity contribution in [3.8, 4) is 0 Å². The Morgan fingerprint density at radius 2 is 2.00 bits per heavy atom. The summed E-state index contributed by atoms with van der Waals surface area (Å²) in [5, 5.41) is 3.95. The summed E-state index contributed by atoms with van der Waals surface area (Å²) >= 11 is 6.65. The fourth-order valence-electron chi connectivity index (χ4n) is 2.13. The van der Waals surface area contributed by atoms with Gasteiger partial charge in [0.15, 0.2) is 5.17 Å². The molecule has 3 atom stereocenters. The lowest BCUT2D eigenvalue weighted by Gasteiger charge is -2.22. The van der Waals surface area contributed by atoms with E-state index >= 15 is 0 Å². The highest BCUT2D eigenvalue weighted by molar-refractivity contribution is 8.15. The van der Waals surface area contributed by atoms with Crippen molar-refractivity contribution in [1.82, 2.24) is 5.32 Å². The van der Waals surface area contributed by atoms with E-state index in [0.717, 1.165) is 11.8 Å². The quantitative estimate of drug-likeness (QED) is 0.645. The number of esters is 1. The van der Waals surface area contributed by atoms with Gasteiger partial charge in [0, 0.05) is 6.04 Å². The maximum absolute atomic E-state index is 12.7. The molecule has 0 radical (unpaired) electrons. The van der Waals surface area contributed by atoms with Gasteiger partial charge in [0.05, 0.1) is 10.7 Å². The smallest absolute Gasteiger partial charge is 0.444 e. The highest BCUT2D eigenvalue weighted by Gasteiger charge is 2.48. The van der Waals surface area contributed by atoms with E-state index in [-0.39, 0.29) is 21.9 Å². The molecule has 0 bridgehead atoms. The second-order valence-electron chi connectivity index (χ2n) is 6.04. The summed E-state index contributed by atoms with van der Waals surface area (Å²) in [4.78, 5) is 39.9. The van der Waals surface area contributed by atoms with Crippen molar-refractivity contribution >= 4 is 52.0 Å². The lowest BCUT2D eigenvalue weighted by atomic mass is 10.2. The summed E-state index contributed by atoms with van der Waals surface area (Å²) in [6, 6.07) is 5.89. The molecule has 0 fully saturated rings. The third-order valence-corrected chi connectivity index (χ3v) is 5.27. The summed E-state index contributed by atoms with van der Waals surface area (Å²) in [6.45, 7) is 3.69. The number of carbonyl (C=O) groups is 3. The number of amidine groups is 1. The van der Waals surface area contributed by atoms with Gasteiger partial charge >= 0.3 is 12.1 Å². The van der Waals surface area contributed by atoms with Crippen LogP contribution in [0.3, 0.4) is 0 Å². The Kier molecular flexibility index (Phi) is 7.53. The van der Waals surface area contributed by atoms with Crippen LogP contribution in [0.4, 0.5) is 18.9 Å². The fourth-order valence-corrected chi connectivity index (χ4v) is 3.42. The van der Waals surface area contributed by atoms with Crippen LogP contribution in [0, 0.1) is 0 Å². The molecule has 1 aliphatic rings. The number of nitrogens with zero attached hydrogens (tertiary/aromatic N) is 1. The van der Waals surface area contributed by atoms with Crippen LogP contribution in [0.25, 0.3) is 0 Å². The number of hydrogen-bond acceptors (Lipinski definition) is 6. The Labute approximate surface area is 173 Å². The molecule has 0 saturated carbocycles. The maximum Gasteiger partial charge on any atom is 0.490 e. The number of thioether (sulfide) groups is 1. The molecule has 1 aromatic rings. The highest BCUT2D eigenvalue weighted by Crippen LogP contribution is 2.30. The normalized spacial score (nSPS) is 18.6. The summed E-state index contributed by atoms with van der Waals surface area (Å²) in [6.07, 6.45) is -6.72. The van der Waals surface area contributed by atoms with Crippen LogP contribution in [0.15, 0.2) is 29.3 Å². The third kappa shape index (κ3) is 6.10. The molecule has 0 spiro atoms. The second kappa shape index (κ2) is 9.49. The van der Waals surface area contributed by atoms with Crippen LogP contribution in [0.1, 0.15) is 20.3 Å². The van der Waals surface area contributed by atoms with Gasteiger partial charge in [0.2, 0.25) is 6.10 Å². The van der Waals surface area contributed by atoms with Gasteiger partial charge in [-0.1, -0.05) is 42.4 Å². The van der Waals surface area contributed by atoms with Crippen molar-refractivity contribution in [3.05, 3.63) is 29.3 Å². The van der Waals surface area contributed by atoms with Gasteiger partial charge in [-0.15, -0.1) is 0 Å². The molecule has 3 unspecified atom stereocenters. The van der Waals surface area contributed by atoms with E-state index in [9.17, 15) is 27.6 Å². The largest absolute Gasteiger partial charge is 0.490 e. The lowest BCUT2D eigenvalue weighted by molar-refractivity contribution is -0.204. The first-order valence-electron chi connectivity index (χ1n) is 8.41. The SMILES string of the molecule is CCC(C)NC1=NC(=O)C(C(OC(=O)C(F)(F)F)C(=O)Nc2ccccc2Cl)S1. The number of anilines is 1. The number of ether oxygens (including phenoxy) is 1. The average molecular weight is 452 g/mol. The standard InChI is InChI=1S/C17H17ClF3N3O4S/c1-3-8(2)22-16-24-14(26)12(29-16)11(28-15(27)17(19,20)21)13(25)23-10-7-5-4-6-9(10)18/h4-8,11-12H,3H2,1-2H3,(H,23,25)(H,22,24,26). The van der Waals surface area contributed by atoms with Crippen molar-refractivity contribution in [3.63, 3.8) is 0 Å². The lowest BCUT2D eigenvalue weighted by Crippen LogP contribution is -2.45. The number of para-hydroxylation sites is 1. The van der Waals surface area contributed by atoms with E-state index in [1.165, 1.54) is 18.2 Å². The fraction of sp³-hybridized carbons (Fsp3) is 0.412. The van der Waals surface area contributed by atoms with Crippen LogP contribution in [0.2, 0.25) is 5.02 Å². The summed E-state index contributed by atoms with van der Waals surface area (Å²) in [5.74, 6) is -4.62. The molecule has 12 heteroatoms. The average Bonchev–Trinajstić information content (AvgIpc) is 3.00. The number of amides is 2. The number of rotatable bonds is 6. The Morgan fingerprint density at radius 3 is 2.59 bits per heavy atom. The summed E-state index contributed by atoms with van der Waals surface area (Å²) in [7, 11) is 0. The third-order valence-electron chi connectivity index (χ3n) is 3.81. The molecule has 0 aliphatic carbocycles. The van der Waals surface area contributed by atoms with Gasteiger partial charge in [-0.05, 0) is 25.5 Å². The van der Waals surface area contributed by atoms with Gasteiger partial charge in [0.25, 0.3) is 11.8 Å². The summed E-state index contributed by atoms with van der Waals surface area (Å²) < 4.78 is 42.4. The molecule has 0 aromatic heterocycles. The number of nitrogens with one attached hydrogen (secondary N) is 2. The van der Waals surface area contributed by atoms with E-state index in [0.29, 0.717) is 6.42 Å². The number of hydrogen-bond donors (Lipinski definition) is 2. The van der Waals surface area contributed by atoms with Gasteiger partial charge in [0.1, 0.15) is 5.25 Å². The number of alkyl halides is 3. The van der Waals surface area contributed by atoms with Crippen molar-refractivity contribution < 1.29 is 32.3 Å². The Balaban J connectivity index is 2.24. The number of aliphatic imine (C=N–C) groups is 1. The van der Waals surface area contributed by atoms with Crippen LogP contribution in [-0.2, 0) is 19.1 Å². The van der Waals surface area contributed by atoms with E-state index in [2.05, 4.69) is 20.4 Å². The Morgan fingerprint density at radius 1 is 1.34 bits per heavy atom. The van der Waals surface area contributed by atoms with Gasteiger partial charge < -0.3 is 15.4 Å². The topological polar surface area (TPSA) is 96.9 Å². The molecule has 1 aliphatic heterocycles. The monoisotopic (exact) mass is 451 g/mol. The second-order valence-corrected chi connectivity index (χ2v) is 7.58. The molecule has 0 saturated heterocycles. The molecule has 2 N–H and O–H groups in total. The number of carbonyl (C=O) groups excluding carboxylic acids is 3. The van der Waals surface area contributed by atoms with Crippen molar-refractivity contribution in [2.24, 2.45) is 4.99 Å². The summed E-state index contributed by atoms with van der Waals surface area (Å²) in [5.41, 5.74) is 0.0848.